The van der Waals surface area contributed by atoms with E-state index in [2.05, 4.69) is 20.1 Å². The highest BCUT2D eigenvalue weighted by Gasteiger charge is 2.33. The number of sulfonamides is 1. The molecule has 0 amide bonds. The minimum atomic E-state index is -3.74. The molecule has 0 unspecified atom stereocenters. The Hall–Kier alpha value is -1.26. The molecule has 11 heteroatoms. The normalized spacial score (nSPS) is 18.7. The Bertz CT molecular complexity index is 929. The number of aromatic nitrogens is 3. The van der Waals surface area contributed by atoms with Gasteiger partial charge in [-0.25, -0.2) is 12.8 Å². The molecule has 7 nitrogen and oxygen atoms in total. The van der Waals surface area contributed by atoms with Crippen LogP contribution in [0.4, 0.5) is 4.39 Å². The van der Waals surface area contributed by atoms with Crippen LogP contribution in [0, 0.1) is 5.82 Å². The molecule has 148 valence electrons. The number of fused-ring (bicyclic) bond motifs is 1. The standard InChI is InChI=1S/C16H19ClFN5O2S.ClH/c17-13-9-12(18)1-2-14(13)26(24,25)22-6-3-11(4-7-22)16-21-20-15-10-19-5-8-23(15)16;/h1-2,9,11,19H,3-8,10H2;1H. The number of hydrogen-bond acceptors (Lipinski definition) is 5. The zero-order valence-corrected chi connectivity index (χ0v) is 16.8. The lowest BCUT2D eigenvalue weighted by Crippen LogP contribution is -2.39. The summed E-state index contributed by atoms with van der Waals surface area (Å²) >= 11 is 5.95. The van der Waals surface area contributed by atoms with E-state index in [0.717, 1.165) is 36.9 Å². The Balaban J connectivity index is 0.00000210. The molecule has 1 N–H and O–H groups in total. The van der Waals surface area contributed by atoms with Crippen molar-refractivity contribution >= 4 is 34.0 Å². The second kappa shape index (κ2) is 8.00. The van der Waals surface area contributed by atoms with Gasteiger partial charge in [0.2, 0.25) is 10.0 Å². The lowest BCUT2D eigenvalue weighted by atomic mass is 9.97. The van der Waals surface area contributed by atoms with Crippen molar-refractivity contribution in [3.05, 3.63) is 40.7 Å². The van der Waals surface area contributed by atoms with Crippen LogP contribution in [0.5, 0.6) is 0 Å². The van der Waals surface area contributed by atoms with Gasteiger partial charge in [-0.05, 0) is 31.0 Å². The summed E-state index contributed by atoms with van der Waals surface area (Å²) in [6.45, 7) is 3.18. The molecule has 27 heavy (non-hydrogen) atoms. The molecule has 1 aromatic heterocycles. The predicted octanol–water partition coefficient (Wildman–Crippen LogP) is 2.16. The summed E-state index contributed by atoms with van der Waals surface area (Å²) in [4.78, 5) is -0.0510. The molecule has 2 aliphatic rings. The van der Waals surface area contributed by atoms with Crippen LogP contribution in [0.15, 0.2) is 23.1 Å². The molecular weight excluding hydrogens is 416 g/mol. The fourth-order valence-corrected chi connectivity index (χ4v) is 5.57. The van der Waals surface area contributed by atoms with Gasteiger partial charge in [0.25, 0.3) is 0 Å². The topological polar surface area (TPSA) is 80.1 Å². The first-order chi connectivity index (χ1) is 12.5. The van der Waals surface area contributed by atoms with Crippen LogP contribution >= 0.6 is 24.0 Å². The van der Waals surface area contributed by atoms with Crippen LogP contribution in [0.25, 0.3) is 0 Å². The minimum Gasteiger partial charge on any atom is -0.312 e. The van der Waals surface area contributed by atoms with Gasteiger partial charge in [0.05, 0.1) is 11.6 Å². The molecular formula is C16H20Cl2FN5O2S. The van der Waals surface area contributed by atoms with Crippen LogP contribution < -0.4 is 5.32 Å². The van der Waals surface area contributed by atoms with Gasteiger partial charge in [-0.1, -0.05) is 11.6 Å². The smallest absolute Gasteiger partial charge is 0.244 e. The SMILES string of the molecule is Cl.O=S(=O)(c1ccc(F)cc1Cl)N1CCC(c2nnc3n2CCNC3)CC1. The van der Waals surface area contributed by atoms with Crippen molar-refractivity contribution in [2.75, 3.05) is 19.6 Å². The average Bonchev–Trinajstić information content (AvgIpc) is 3.05. The fraction of sp³-hybridized carbons (Fsp3) is 0.500. The van der Waals surface area contributed by atoms with Crippen LogP contribution in [-0.4, -0.2) is 47.1 Å². The molecule has 0 saturated carbocycles. The molecule has 0 aliphatic carbocycles. The second-order valence-electron chi connectivity index (χ2n) is 6.56. The van der Waals surface area contributed by atoms with Crippen molar-refractivity contribution in [3.8, 4) is 0 Å². The molecule has 0 bridgehead atoms. The molecule has 2 aliphatic heterocycles. The Morgan fingerprint density at radius 2 is 1.93 bits per heavy atom. The van der Waals surface area contributed by atoms with E-state index in [1.165, 1.54) is 10.4 Å². The largest absolute Gasteiger partial charge is 0.312 e. The number of nitrogens with one attached hydrogen (secondary N) is 1. The quantitative estimate of drug-likeness (QED) is 0.798. The van der Waals surface area contributed by atoms with E-state index < -0.39 is 15.8 Å². The maximum absolute atomic E-state index is 13.2. The third-order valence-electron chi connectivity index (χ3n) is 4.98. The summed E-state index contributed by atoms with van der Waals surface area (Å²) in [6, 6.07) is 3.36. The highest BCUT2D eigenvalue weighted by atomic mass is 35.5. The van der Waals surface area contributed by atoms with Gasteiger partial charge in [0.15, 0.2) is 0 Å². The Labute approximate surface area is 168 Å². The van der Waals surface area contributed by atoms with Gasteiger partial charge < -0.3 is 9.88 Å². The van der Waals surface area contributed by atoms with E-state index in [1.807, 2.05) is 0 Å². The van der Waals surface area contributed by atoms with Crippen molar-refractivity contribution in [1.82, 2.24) is 24.4 Å². The number of rotatable bonds is 3. The third-order valence-corrected chi connectivity index (χ3v) is 7.36. The van der Waals surface area contributed by atoms with Crippen LogP contribution in [0.2, 0.25) is 5.02 Å². The third kappa shape index (κ3) is 3.84. The maximum atomic E-state index is 13.2. The molecule has 0 radical (unpaired) electrons. The summed E-state index contributed by atoms with van der Waals surface area (Å²) in [7, 11) is -3.74. The number of nitrogens with zero attached hydrogens (tertiary/aromatic N) is 4. The Kier molecular flexibility index (Phi) is 6.07. The molecule has 0 spiro atoms. The minimum absolute atomic E-state index is 0. The lowest BCUT2D eigenvalue weighted by Gasteiger charge is -2.31. The number of piperidine rings is 1. The van der Waals surface area contributed by atoms with E-state index in [-0.39, 0.29) is 28.2 Å². The average molecular weight is 436 g/mol. The highest BCUT2D eigenvalue weighted by Crippen LogP contribution is 2.32. The van der Waals surface area contributed by atoms with Crippen molar-refractivity contribution < 1.29 is 12.8 Å². The zero-order chi connectivity index (χ0) is 18.3. The van der Waals surface area contributed by atoms with Gasteiger partial charge in [-0.15, -0.1) is 22.6 Å². The molecule has 0 atom stereocenters. The molecule has 4 rings (SSSR count). The summed E-state index contributed by atoms with van der Waals surface area (Å²) in [6.07, 6.45) is 1.34. The van der Waals surface area contributed by atoms with Crippen LogP contribution in [0.3, 0.4) is 0 Å². The first-order valence-corrected chi connectivity index (χ1v) is 10.4. The Morgan fingerprint density at radius 1 is 1.19 bits per heavy atom. The zero-order valence-electron chi connectivity index (χ0n) is 14.4. The molecule has 1 aromatic carbocycles. The van der Waals surface area contributed by atoms with Crippen LogP contribution in [0.1, 0.15) is 30.4 Å². The Morgan fingerprint density at radius 3 is 2.63 bits per heavy atom. The maximum Gasteiger partial charge on any atom is 0.244 e. The molecule has 1 saturated heterocycles. The molecule has 3 heterocycles. The van der Waals surface area contributed by atoms with Gasteiger partial charge in [-0.2, -0.15) is 4.31 Å². The summed E-state index contributed by atoms with van der Waals surface area (Å²) in [5.74, 6) is 1.50. The molecule has 2 aromatic rings. The number of halogens is 3. The van der Waals surface area contributed by atoms with Crippen molar-refractivity contribution in [2.45, 2.75) is 36.7 Å². The first-order valence-electron chi connectivity index (χ1n) is 8.54. The number of benzene rings is 1. The van der Waals surface area contributed by atoms with Crippen molar-refractivity contribution in [1.29, 1.82) is 0 Å². The van der Waals surface area contributed by atoms with E-state index in [1.54, 1.807) is 0 Å². The lowest BCUT2D eigenvalue weighted by molar-refractivity contribution is 0.307. The molecule has 1 fully saturated rings. The second-order valence-corrected chi connectivity index (χ2v) is 8.87. The highest BCUT2D eigenvalue weighted by molar-refractivity contribution is 7.89. The number of hydrogen-bond donors (Lipinski definition) is 1. The summed E-state index contributed by atoms with van der Waals surface area (Å²) in [5, 5.41) is 11.7. The van der Waals surface area contributed by atoms with Gasteiger partial charge in [0.1, 0.15) is 22.4 Å². The van der Waals surface area contributed by atoms with Crippen LogP contribution in [-0.2, 0) is 23.1 Å². The van der Waals surface area contributed by atoms with Gasteiger partial charge in [-0.3, -0.25) is 0 Å². The first kappa shape index (κ1) is 20.5. The van der Waals surface area contributed by atoms with E-state index in [0.29, 0.717) is 32.5 Å². The van der Waals surface area contributed by atoms with Gasteiger partial charge in [0, 0.05) is 32.1 Å². The summed E-state index contributed by atoms with van der Waals surface area (Å²) < 4.78 is 42.4. The van der Waals surface area contributed by atoms with E-state index in [4.69, 9.17) is 11.6 Å². The summed E-state index contributed by atoms with van der Waals surface area (Å²) in [5.41, 5.74) is 0. The monoisotopic (exact) mass is 435 g/mol. The predicted molar refractivity (Wildman–Crippen MR) is 101 cm³/mol. The fourth-order valence-electron chi connectivity index (χ4n) is 3.59. The van der Waals surface area contributed by atoms with Crippen molar-refractivity contribution in [2.24, 2.45) is 0 Å². The van der Waals surface area contributed by atoms with E-state index in [9.17, 15) is 12.8 Å². The van der Waals surface area contributed by atoms with E-state index >= 15 is 0 Å². The van der Waals surface area contributed by atoms with Gasteiger partial charge >= 0.3 is 0 Å². The van der Waals surface area contributed by atoms with Crippen molar-refractivity contribution in [3.63, 3.8) is 0 Å².